The minimum atomic E-state index is -3.35. The number of amides is 1. The molecule has 0 saturated carbocycles. The van der Waals surface area contributed by atoms with Crippen molar-refractivity contribution in [2.24, 2.45) is 0 Å². The third kappa shape index (κ3) is 3.99. The molecule has 1 fully saturated rings. The van der Waals surface area contributed by atoms with E-state index in [1.54, 1.807) is 29.2 Å². The van der Waals surface area contributed by atoms with Crippen molar-refractivity contribution in [3.05, 3.63) is 59.2 Å². The number of sulfonamides is 1. The summed E-state index contributed by atoms with van der Waals surface area (Å²) in [4.78, 5) is 17.3. The van der Waals surface area contributed by atoms with Crippen LogP contribution in [-0.4, -0.2) is 58.7 Å². The Morgan fingerprint density at radius 3 is 2.43 bits per heavy atom. The van der Waals surface area contributed by atoms with Crippen LogP contribution in [0.4, 0.5) is 15.8 Å². The van der Waals surface area contributed by atoms with Crippen molar-refractivity contribution in [1.29, 1.82) is 0 Å². The number of hydrogen-bond acceptors (Lipinski definition) is 5. The van der Waals surface area contributed by atoms with Crippen molar-refractivity contribution in [1.82, 2.24) is 4.90 Å². The van der Waals surface area contributed by atoms with Gasteiger partial charge in [0.05, 0.1) is 22.5 Å². The minimum Gasteiger partial charge on any atom is -0.366 e. The Bertz CT molecular complexity index is 1200. The summed E-state index contributed by atoms with van der Waals surface area (Å²) in [6, 6.07) is 13.8. The van der Waals surface area contributed by atoms with Gasteiger partial charge in [0.15, 0.2) is 0 Å². The zero-order valence-corrected chi connectivity index (χ0v) is 18.3. The summed E-state index contributed by atoms with van der Waals surface area (Å²) in [6.07, 6.45) is 1.15. The van der Waals surface area contributed by atoms with Crippen LogP contribution in [0.3, 0.4) is 0 Å². The van der Waals surface area contributed by atoms with E-state index in [1.807, 2.05) is 23.1 Å². The summed E-state index contributed by atoms with van der Waals surface area (Å²) in [7, 11) is -1.85. The first-order valence-electron chi connectivity index (χ1n) is 9.50. The molecule has 6 nitrogen and oxygen atoms in total. The van der Waals surface area contributed by atoms with Crippen LogP contribution >= 0.6 is 11.3 Å². The van der Waals surface area contributed by atoms with Gasteiger partial charge in [-0.1, -0.05) is 12.1 Å². The molecule has 0 aliphatic carbocycles. The van der Waals surface area contributed by atoms with Crippen LogP contribution in [0.25, 0.3) is 10.1 Å². The maximum atomic E-state index is 14.0. The largest absolute Gasteiger partial charge is 0.366 e. The fourth-order valence-corrected chi connectivity index (χ4v) is 5.05. The van der Waals surface area contributed by atoms with Crippen LogP contribution in [0.5, 0.6) is 0 Å². The van der Waals surface area contributed by atoms with Gasteiger partial charge < -0.3 is 9.80 Å². The highest BCUT2D eigenvalue weighted by Crippen LogP contribution is 2.31. The number of rotatable bonds is 4. The Morgan fingerprint density at radius 2 is 1.77 bits per heavy atom. The summed E-state index contributed by atoms with van der Waals surface area (Å²) < 4.78 is 39.7. The van der Waals surface area contributed by atoms with Gasteiger partial charge in [0.2, 0.25) is 10.0 Å². The van der Waals surface area contributed by atoms with Crippen LogP contribution in [-0.2, 0) is 10.0 Å². The van der Waals surface area contributed by atoms with Gasteiger partial charge in [0.1, 0.15) is 5.82 Å². The van der Waals surface area contributed by atoms with Gasteiger partial charge in [-0.3, -0.25) is 9.10 Å². The SMILES string of the molecule is CN(c1ccc2sc(C(=O)N3CCN(c4ccccc4F)CC3)cc2c1)S(C)(=O)=O. The lowest BCUT2D eigenvalue weighted by Gasteiger charge is -2.36. The van der Waals surface area contributed by atoms with E-state index in [-0.39, 0.29) is 11.7 Å². The fraction of sp³-hybridized carbons (Fsp3) is 0.286. The topological polar surface area (TPSA) is 60.9 Å². The van der Waals surface area contributed by atoms with E-state index >= 15 is 0 Å². The van der Waals surface area contributed by atoms with E-state index < -0.39 is 10.0 Å². The number of hydrogen-bond donors (Lipinski definition) is 0. The maximum absolute atomic E-state index is 14.0. The Balaban J connectivity index is 1.49. The van der Waals surface area contributed by atoms with Crippen LogP contribution in [0, 0.1) is 5.82 Å². The second kappa shape index (κ2) is 7.88. The number of benzene rings is 2. The van der Waals surface area contributed by atoms with E-state index in [9.17, 15) is 17.6 Å². The summed E-state index contributed by atoms with van der Waals surface area (Å²) in [5, 5.41) is 0.835. The van der Waals surface area contributed by atoms with Crippen molar-refractivity contribution in [2.45, 2.75) is 0 Å². The predicted molar refractivity (Wildman–Crippen MR) is 120 cm³/mol. The number of halogens is 1. The molecule has 2 aromatic carbocycles. The molecule has 1 saturated heterocycles. The Morgan fingerprint density at radius 1 is 1.07 bits per heavy atom. The highest BCUT2D eigenvalue weighted by atomic mass is 32.2. The van der Waals surface area contributed by atoms with Crippen LogP contribution in [0.15, 0.2) is 48.5 Å². The number of para-hydroxylation sites is 1. The first-order chi connectivity index (χ1) is 14.2. The van der Waals surface area contributed by atoms with Gasteiger partial charge in [0, 0.05) is 37.9 Å². The van der Waals surface area contributed by atoms with Crippen molar-refractivity contribution >= 4 is 48.7 Å². The maximum Gasteiger partial charge on any atom is 0.264 e. The Labute approximate surface area is 179 Å². The standard InChI is InChI=1S/C21H22FN3O3S2/c1-23(30(2,27)28)16-7-8-19-15(13-16)14-20(29-19)21(26)25-11-9-24(10-12-25)18-6-4-3-5-17(18)22/h3-8,13-14H,9-12H2,1-2H3. The predicted octanol–water partition coefficient (Wildman–Crippen LogP) is 3.40. The third-order valence-corrected chi connectivity index (χ3v) is 7.64. The Hall–Kier alpha value is -2.65. The second-order valence-corrected chi connectivity index (χ2v) is 10.4. The monoisotopic (exact) mass is 447 g/mol. The number of anilines is 2. The zero-order valence-electron chi connectivity index (χ0n) is 16.7. The smallest absolute Gasteiger partial charge is 0.264 e. The quantitative estimate of drug-likeness (QED) is 0.615. The first-order valence-corrected chi connectivity index (χ1v) is 12.2. The lowest BCUT2D eigenvalue weighted by molar-refractivity contribution is 0.0751. The number of carbonyl (C=O) groups excluding carboxylic acids is 1. The molecule has 0 spiro atoms. The van der Waals surface area contributed by atoms with Gasteiger partial charge in [-0.25, -0.2) is 12.8 Å². The molecule has 2 heterocycles. The number of fused-ring (bicyclic) bond motifs is 1. The van der Waals surface area contributed by atoms with Crippen LogP contribution < -0.4 is 9.21 Å². The molecule has 30 heavy (non-hydrogen) atoms. The summed E-state index contributed by atoms with van der Waals surface area (Å²) >= 11 is 1.39. The molecule has 1 aromatic heterocycles. The van der Waals surface area contributed by atoms with Crippen molar-refractivity contribution in [3.63, 3.8) is 0 Å². The number of carbonyl (C=O) groups is 1. The lowest BCUT2D eigenvalue weighted by atomic mass is 10.2. The molecule has 0 unspecified atom stereocenters. The molecular formula is C21H22FN3O3S2. The number of thiophene rings is 1. The van der Waals surface area contributed by atoms with Gasteiger partial charge >= 0.3 is 0 Å². The normalized spacial score (nSPS) is 14.9. The fourth-order valence-electron chi connectivity index (χ4n) is 3.54. The molecule has 3 aromatic rings. The highest BCUT2D eigenvalue weighted by Gasteiger charge is 2.25. The number of piperazine rings is 1. The Kier molecular flexibility index (Phi) is 5.42. The van der Waals surface area contributed by atoms with Gasteiger partial charge in [-0.05, 0) is 41.8 Å². The molecule has 0 radical (unpaired) electrons. The van der Waals surface area contributed by atoms with E-state index in [1.165, 1.54) is 28.8 Å². The van der Waals surface area contributed by atoms with Crippen LogP contribution in [0.1, 0.15) is 9.67 Å². The van der Waals surface area contributed by atoms with E-state index in [2.05, 4.69) is 0 Å². The van der Waals surface area contributed by atoms with Gasteiger partial charge in [-0.2, -0.15) is 0 Å². The second-order valence-electron chi connectivity index (χ2n) is 7.29. The summed E-state index contributed by atoms with van der Waals surface area (Å²) in [5.74, 6) is -0.306. The molecule has 9 heteroatoms. The van der Waals surface area contributed by atoms with Crippen molar-refractivity contribution in [3.8, 4) is 0 Å². The average Bonchev–Trinajstić information content (AvgIpc) is 3.16. The molecule has 0 atom stereocenters. The zero-order chi connectivity index (χ0) is 21.5. The van der Waals surface area contributed by atoms with E-state index in [4.69, 9.17) is 0 Å². The van der Waals surface area contributed by atoms with Crippen molar-refractivity contribution < 1.29 is 17.6 Å². The third-order valence-electron chi connectivity index (χ3n) is 5.33. The highest BCUT2D eigenvalue weighted by molar-refractivity contribution is 7.92. The van der Waals surface area contributed by atoms with Gasteiger partial charge in [0.25, 0.3) is 5.91 Å². The van der Waals surface area contributed by atoms with E-state index in [0.717, 1.165) is 16.3 Å². The molecule has 1 aliphatic heterocycles. The van der Waals surface area contributed by atoms with E-state index in [0.29, 0.717) is 42.4 Å². The molecule has 158 valence electrons. The molecule has 1 amide bonds. The van der Waals surface area contributed by atoms with Crippen LogP contribution in [0.2, 0.25) is 0 Å². The lowest BCUT2D eigenvalue weighted by Crippen LogP contribution is -2.48. The average molecular weight is 448 g/mol. The summed E-state index contributed by atoms with van der Waals surface area (Å²) in [5.41, 5.74) is 1.12. The molecular weight excluding hydrogens is 425 g/mol. The molecule has 1 aliphatic rings. The molecule has 0 bridgehead atoms. The summed E-state index contributed by atoms with van der Waals surface area (Å²) in [6.45, 7) is 2.18. The van der Waals surface area contributed by atoms with Crippen molar-refractivity contribution in [2.75, 3.05) is 48.7 Å². The number of nitrogens with zero attached hydrogens (tertiary/aromatic N) is 3. The first kappa shape index (κ1) is 20.6. The minimum absolute atomic E-state index is 0.0533. The molecule has 0 N–H and O–H groups in total. The van der Waals surface area contributed by atoms with Gasteiger partial charge in [-0.15, -0.1) is 11.3 Å². The molecule has 4 rings (SSSR count).